The van der Waals surface area contributed by atoms with Crippen molar-refractivity contribution in [2.75, 3.05) is 0 Å². The SMILES string of the molecule is O=C(Cc1ccc(Br)cc1)N/N=C\c1cc(N=Nc2cccc3ccccc23)ccc1O. The Kier molecular flexibility index (Phi) is 6.67. The number of carbonyl (C=O) groups is 1. The van der Waals surface area contributed by atoms with Crippen LogP contribution in [0.4, 0.5) is 11.4 Å². The van der Waals surface area contributed by atoms with Crippen LogP contribution in [0.25, 0.3) is 10.8 Å². The summed E-state index contributed by atoms with van der Waals surface area (Å²) in [6.45, 7) is 0. The Bertz CT molecular complexity index is 1310. The minimum atomic E-state index is -0.255. The number of amides is 1. The second-order valence-corrected chi connectivity index (χ2v) is 7.95. The lowest BCUT2D eigenvalue weighted by molar-refractivity contribution is -0.120. The Morgan fingerprint density at radius 2 is 1.72 bits per heavy atom. The van der Waals surface area contributed by atoms with E-state index < -0.39 is 0 Å². The molecule has 4 aromatic carbocycles. The minimum absolute atomic E-state index is 0.0278. The maximum atomic E-state index is 12.1. The van der Waals surface area contributed by atoms with E-state index in [0.717, 1.165) is 26.5 Å². The molecule has 0 aliphatic carbocycles. The second kappa shape index (κ2) is 9.98. The number of fused-ring (bicyclic) bond motifs is 1. The first-order valence-electron chi connectivity index (χ1n) is 9.87. The van der Waals surface area contributed by atoms with Gasteiger partial charge in [0.25, 0.3) is 0 Å². The zero-order valence-corrected chi connectivity index (χ0v) is 18.5. The number of hydrogen-bond donors (Lipinski definition) is 2. The molecule has 1 amide bonds. The minimum Gasteiger partial charge on any atom is -0.507 e. The smallest absolute Gasteiger partial charge is 0.244 e. The van der Waals surface area contributed by atoms with E-state index in [1.165, 1.54) is 12.3 Å². The van der Waals surface area contributed by atoms with Crippen molar-refractivity contribution < 1.29 is 9.90 Å². The van der Waals surface area contributed by atoms with Gasteiger partial charge in [0.05, 0.1) is 24.0 Å². The number of benzene rings is 4. The monoisotopic (exact) mass is 486 g/mol. The van der Waals surface area contributed by atoms with Crippen LogP contribution in [0.1, 0.15) is 11.1 Å². The van der Waals surface area contributed by atoms with E-state index in [-0.39, 0.29) is 18.1 Å². The van der Waals surface area contributed by atoms with Crippen LogP contribution >= 0.6 is 15.9 Å². The maximum absolute atomic E-state index is 12.1. The number of halogens is 1. The van der Waals surface area contributed by atoms with Gasteiger partial charge in [0.15, 0.2) is 0 Å². The number of carbonyl (C=O) groups excluding carboxylic acids is 1. The number of hydrogen-bond acceptors (Lipinski definition) is 5. The summed E-state index contributed by atoms with van der Waals surface area (Å²) >= 11 is 3.36. The molecule has 0 bridgehead atoms. The number of nitrogens with one attached hydrogen (secondary N) is 1. The van der Waals surface area contributed by atoms with Crippen LogP contribution < -0.4 is 5.43 Å². The van der Waals surface area contributed by atoms with Crippen LogP contribution in [0.2, 0.25) is 0 Å². The van der Waals surface area contributed by atoms with Gasteiger partial charge in [0, 0.05) is 15.4 Å². The molecular formula is C25H19BrN4O2. The molecule has 6 nitrogen and oxygen atoms in total. The third-order valence-electron chi connectivity index (χ3n) is 4.72. The first kappa shape index (κ1) is 21.4. The van der Waals surface area contributed by atoms with Crippen LogP contribution in [0.3, 0.4) is 0 Å². The van der Waals surface area contributed by atoms with Crippen LogP contribution in [0, 0.1) is 0 Å². The molecule has 0 atom stereocenters. The topological polar surface area (TPSA) is 86.4 Å². The van der Waals surface area contributed by atoms with Crippen molar-refractivity contribution in [1.29, 1.82) is 0 Å². The van der Waals surface area contributed by atoms with Gasteiger partial charge in [0.2, 0.25) is 5.91 Å². The molecule has 0 aliphatic heterocycles. The summed E-state index contributed by atoms with van der Waals surface area (Å²) in [5.41, 5.74) is 5.08. The quantitative estimate of drug-likeness (QED) is 0.187. The Balaban J connectivity index is 1.44. The van der Waals surface area contributed by atoms with E-state index in [0.29, 0.717) is 11.3 Å². The summed E-state index contributed by atoms with van der Waals surface area (Å²) in [6, 6.07) is 26.1. The van der Waals surface area contributed by atoms with Gasteiger partial charge >= 0.3 is 0 Å². The molecule has 0 unspecified atom stereocenters. The van der Waals surface area contributed by atoms with Gasteiger partial charge in [-0.25, -0.2) is 5.43 Å². The molecule has 0 saturated carbocycles. The Labute approximate surface area is 193 Å². The lowest BCUT2D eigenvalue weighted by atomic mass is 10.1. The molecule has 4 aromatic rings. The number of phenols is 1. The molecule has 0 saturated heterocycles. The fraction of sp³-hybridized carbons (Fsp3) is 0.0400. The van der Waals surface area contributed by atoms with E-state index in [1.54, 1.807) is 12.1 Å². The highest BCUT2D eigenvalue weighted by Crippen LogP contribution is 2.28. The predicted octanol–water partition coefficient (Wildman–Crippen LogP) is 6.42. The van der Waals surface area contributed by atoms with E-state index in [2.05, 4.69) is 36.7 Å². The van der Waals surface area contributed by atoms with Crippen LogP contribution in [-0.2, 0) is 11.2 Å². The van der Waals surface area contributed by atoms with Crippen molar-refractivity contribution in [1.82, 2.24) is 5.43 Å². The number of aromatic hydroxyl groups is 1. The summed E-state index contributed by atoms with van der Waals surface area (Å²) in [4.78, 5) is 12.1. The van der Waals surface area contributed by atoms with Gasteiger partial charge in [-0.3, -0.25) is 4.79 Å². The highest BCUT2D eigenvalue weighted by molar-refractivity contribution is 9.10. The van der Waals surface area contributed by atoms with Gasteiger partial charge in [-0.15, -0.1) is 5.11 Å². The number of azo groups is 1. The average molecular weight is 487 g/mol. The average Bonchev–Trinajstić information content (AvgIpc) is 2.81. The number of hydrazone groups is 1. The Hall–Kier alpha value is -3.84. The molecule has 0 aliphatic rings. The van der Waals surface area contributed by atoms with Crippen molar-refractivity contribution in [2.45, 2.75) is 6.42 Å². The Morgan fingerprint density at radius 1 is 0.938 bits per heavy atom. The summed E-state index contributed by atoms with van der Waals surface area (Å²) in [7, 11) is 0. The summed E-state index contributed by atoms with van der Waals surface area (Å²) < 4.78 is 0.952. The van der Waals surface area contributed by atoms with Crippen molar-refractivity contribution >= 4 is 50.2 Å². The van der Waals surface area contributed by atoms with Crippen molar-refractivity contribution in [3.63, 3.8) is 0 Å². The highest BCUT2D eigenvalue weighted by Gasteiger charge is 2.04. The molecule has 0 fully saturated rings. The molecule has 2 N–H and O–H groups in total. The van der Waals surface area contributed by atoms with E-state index in [9.17, 15) is 9.90 Å². The van der Waals surface area contributed by atoms with Crippen LogP contribution in [-0.4, -0.2) is 17.2 Å². The molecular weight excluding hydrogens is 468 g/mol. The molecule has 4 rings (SSSR count). The van der Waals surface area contributed by atoms with Crippen LogP contribution in [0.5, 0.6) is 5.75 Å². The molecule has 0 spiro atoms. The fourth-order valence-corrected chi connectivity index (χ4v) is 3.38. The second-order valence-electron chi connectivity index (χ2n) is 7.04. The first-order chi connectivity index (χ1) is 15.6. The van der Waals surface area contributed by atoms with E-state index in [4.69, 9.17) is 0 Å². The Morgan fingerprint density at radius 3 is 2.56 bits per heavy atom. The predicted molar refractivity (Wildman–Crippen MR) is 130 cm³/mol. The van der Waals surface area contributed by atoms with E-state index >= 15 is 0 Å². The van der Waals surface area contributed by atoms with Crippen molar-refractivity contribution in [3.05, 3.63) is 101 Å². The summed E-state index contributed by atoms with van der Waals surface area (Å²) in [6.07, 6.45) is 1.58. The third-order valence-corrected chi connectivity index (χ3v) is 5.25. The van der Waals surface area contributed by atoms with Gasteiger partial charge < -0.3 is 5.11 Å². The molecule has 158 valence electrons. The lowest BCUT2D eigenvalue weighted by Gasteiger charge is -2.03. The fourth-order valence-electron chi connectivity index (χ4n) is 3.12. The van der Waals surface area contributed by atoms with Gasteiger partial charge in [-0.1, -0.05) is 64.5 Å². The molecule has 32 heavy (non-hydrogen) atoms. The van der Waals surface area contributed by atoms with E-state index in [1.807, 2.05) is 66.7 Å². The number of rotatable bonds is 6. The highest BCUT2D eigenvalue weighted by atomic mass is 79.9. The number of phenolic OH excluding ortho intramolecular Hbond substituents is 1. The zero-order valence-electron chi connectivity index (χ0n) is 16.9. The molecule has 0 radical (unpaired) electrons. The largest absolute Gasteiger partial charge is 0.507 e. The zero-order chi connectivity index (χ0) is 22.3. The van der Waals surface area contributed by atoms with Crippen molar-refractivity contribution in [2.24, 2.45) is 15.3 Å². The lowest BCUT2D eigenvalue weighted by Crippen LogP contribution is -2.19. The third kappa shape index (κ3) is 5.44. The molecule has 0 heterocycles. The first-order valence-corrected chi connectivity index (χ1v) is 10.7. The molecule has 7 heteroatoms. The van der Waals surface area contributed by atoms with Gasteiger partial charge in [-0.05, 0) is 47.3 Å². The summed E-state index contributed by atoms with van der Waals surface area (Å²) in [5, 5.41) is 24.8. The van der Waals surface area contributed by atoms with Crippen molar-refractivity contribution in [3.8, 4) is 5.75 Å². The normalized spacial score (nSPS) is 11.4. The number of nitrogens with zero attached hydrogens (tertiary/aromatic N) is 3. The molecule has 0 aromatic heterocycles. The summed E-state index contributed by atoms with van der Waals surface area (Å²) in [5.74, 6) is -0.227. The van der Waals surface area contributed by atoms with Crippen LogP contribution in [0.15, 0.2) is 105 Å². The van der Waals surface area contributed by atoms with Gasteiger partial charge in [0.1, 0.15) is 5.75 Å². The maximum Gasteiger partial charge on any atom is 0.244 e. The van der Waals surface area contributed by atoms with Gasteiger partial charge in [-0.2, -0.15) is 10.2 Å². The standard InChI is InChI=1S/C25H19BrN4O2/c26-20-10-8-17(9-11-20)14-25(32)30-27-16-19-15-21(12-13-24(19)31)28-29-23-7-3-5-18-4-1-2-6-22(18)23/h1-13,15-16,31H,14H2,(H,30,32)/b27-16-,29-28?.